The maximum atomic E-state index is 13.7. The van der Waals surface area contributed by atoms with E-state index in [2.05, 4.69) is 4.90 Å². The molecule has 0 amide bonds. The van der Waals surface area contributed by atoms with E-state index in [0.29, 0.717) is 11.5 Å². The van der Waals surface area contributed by atoms with E-state index in [1.807, 2.05) is 6.92 Å². The average molecular weight is 295 g/mol. The van der Waals surface area contributed by atoms with Crippen LogP contribution in [0.4, 0.5) is 4.39 Å². The molecule has 1 aliphatic heterocycles. The van der Waals surface area contributed by atoms with Gasteiger partial charge in [0.15, 0.2) is 0 Å². The van der Waals surface area contributed by atoms with Gasteiger partial charge in [0.05, 0.1) is 6.10 Å². The fraction of sp³-hybridized carbons (Fsp3) is 0.647. The van der Waals surface area contributed by atoms with E-state index in [4.69, 9.17) is 5.11 Å². The van der Waals surface area contributed by atoms with Gasteiger partial charge in [0.1, 0.15) is 5.82 Å². The molecule has 1 aromatic carbocycles. The molecule has 1 aromatic rings. The first kappa shape index (κ1) is 16.4. The van der Waals surface area contributed by atoms with Crippen molar-refractivity contribution in [2.75, 3.05) is 26.2 Å². The average Bonchev–Trinajstić information content (AvgIpc) is 2.48. The van der Waals surface area contributed by atoms with Crippen molar-refractivity contribution in [3.63, 3.8) is 0 Å². The summed E-state index contributed by atoms with van der Waals surface area (Å²) in [5.74, 6) is 0.185. The molecule has 0 spiro atoms. The number of aliphatic hydroxyl groups is 2. The van der Waals surface area contributed by atoms with E-state index >= 15 is 0 Å². The summed E-state index contributed by atoms with van der Waals surface area (Å²) < 4.78 is 13.7. The van der Waals surface area contributed by atoms with Crippen molar-refractivity contribution >= 4 is 0 Å². The van der Waals surface area contributed by atoms with Gasteiger partial charge in [0, 0.05) is 25.3 Å². The minimum atomic E-state index is -0.774. The molecule has 2 rings (SSSR count). The Kier molecular flexibility index (Phi) is 6.15. The maximum absolute atomic E-state index is 13.7. The first-order valence-corrected chi connectivity index (χ1v) is 7.87. The van der Waals surface area contributed by atoms with Crippen molar-refractivity contribution in [2.24, 2.45) is 11.8 Å². The van der Waals surface area contributed by atoms with Crippen LogP contribution in [0.3, 0.4) is 0 Å². The zero-order valence-electron chi connectivity index (χ0n) is 12.7. The highest BCUT2D eigenvalue weighted by Gasteiger charge is 2.25. The largest absolute Gasteiger partial charge is 0.396 e. The van der Waals surface area contributed by atoms with Crippen molar-refractivity contribution in [3.8, 4) is 0 Å². The van der Waals surface area contributed by atoms with E-state index in [1.54, 1.807) is 18.2 Å². The molecule has 1 heterocycles. The van der Waals surface area contributed by atoms with Gasteiger partial charge >= 0.3 is 0 Å². The van der Waals surface area contributed by atoms with Crippen LogP contribution in [-0.2, 0) is 0 Å². The van der Waals surface area contributed by atoms with Gasteiger partial charge in [0.25, 0.3) is 0 Å². The number of rotatable bonds is 6. The molecule has 21 heavy (non-hydrogen) atoms. The summed E-state index contributed by atoms with van der Waals surface area (Å²) in [5.41, 5.74) is 0.383. The zero-order valence-corrected chi connectivity index (χ0v) is 12.7. The highest BCUT2D eigenvalue weighted by Crippen LogP contribution is 2.27. The van der Waals surface area contributed by atoms with Gasteiger partial charge in [-0.1, -0.05) is 25.1 Å². The van der Waals surface area contributed by atoms with Gasteiger partial charge < -0.3 is 15.1 Å². The number of halogens is 1. The van der Waals surface area contributed by atoms with Crippen LogP contribution in [0.25, 0.3) is 0 Å². The Morgan fingerprint density at radius 3 is 2.86 bits per heavy atom. The summed E-state index contributed by atoms with van der Waals surface area (Å²) in [6.45, 7) is 4.96. The van der Waals surface area contributed by atoms with Crippen molar-refractivity contribution in [2.45, 2.75) is 32.3 Å². The van der Waals surface area contributed by atoms with E-state index in [1.165, 1.54) is 12.5 Å². The fourth-order valence-corrected chi connectivity index (χ4v) is 3.26. The van der Waals surface area contributed by atoms with Crippen molar-refractivity contribution in [3.05, 3.63) is 35.6 Å². The molecule has 118 valence electrons. The van der Waals surface area contributed by atoms with E-state index in [-0.39, 0.29) is 18.3 Å². The molecule has 3 atom stereocenters. The molecule has 1 saturated heterocycles. The van der Waals surface area contributed by atoms with Crippen LogP contribution in [0.5, 0.6) is 0 Å². The molecule has 2 N–H and O–H groups in total. The lowest BCUT2D eigenvalue weighted by Gasteiger charge is -2.35. The molecular formula is C17H26FNO2. The monoisotopic (exact) mass is 295 g/mol. The Morgan fingerprint density at radius 2 is 2.14 bits per heavy atom. The number of benzene rings is 1. The van der Waals surface area contributed by atoms with E-state index in [9.17, 15) is 9.50 Å². The fourth-order valence-electron chi connectivity index (χ4n) is 3.26. The van der Waals surface area contributed by atoms with Gasteiger partial charge in [-0.3, -0.25) is 0 Å². The third-order valence-electron chi connectivity index (χ3n) is 4.45. The molecule has 0 radical (unpaired) electrons. The van der Waals surface area contributed by atoms with Crippen LogP contribution in [0, 0.1) is 17.7 Å². The summed E-state index contributed by atoms with van der Waals surface area (Å²) in [7, 11) is 0. The number of hydrogen-bond donors (Lipinski definition) is 2. The second kappa shape index (κ2) is 7.87. The van der Waals surface area contributed by atoms with Gasteiger partial charge in [0.2, 0.25) is 0 Å². The molecule has 0 aromatic heterocycles. The molecule has 1 aliphatic rings. The van der Waals surface area contributed by atoms with E-state index in [0.717, 1.165) is 32.5 Å². The van der Waals surface area contributed by atoms with Gasteiger partial charge in [-0.05, 0) is 43.7 Å². The van der Waals surface area contributed by atoms with Crippen LogP contribution < -0.4 is 0 Å². The van der Waals surface area contributed by atoms with E-state index < -0.39 is 6.10 Å². The predicted octanol–water partition coefficient (Wildman–Crippen LogP) is 2.59. The molecule has 1 fully saturated rings. The second-order valence-electron chi connectivity index (χ2n) is 6.22. The van der Waals surface area contributed by atoms with Crippen molar-refractivity contribution in [1.29, 1.82) is 0 Å². The Labute approximate surface area is 126 Å². The molecule has 3 nitrogen and oxygen atoms in total. The number of hydrogen-bond acceptors (Lipinski definition) is 3. The first-order chi connectivity index (χ1) is 10.1. The van der Waals surface area contributed by atoms with Crippen molar-refractivity contribution < 1.29 is 14.6 Å². The number of piperidine rings is 1. The quantitative estimate of drug-likeness (QED) is 0.848. The number of aliphatic hydroxyl groups excluding tert-OH is 2. The minimum Gasteiger partial charge on any atom is -0.396 e. The van der Waals surface area contributed by atoms with Crippen LogP contribution in [0.15, 0.2) is 24.3 Å². The Morgan fingerprint density at radius 1 is 1.38 bits per heavy atom. The SMILES string of the molecule is CC(CN1CCCC(CCO)C1)C(O)c1ccccc1F. The number of likely N-dealkylation sites (tertiary alicyclic amines) is 1. The highest BCUT2D eigenvalue weighted by atomic mass is 19.1. The highest BCUT2D eigenvalue weighted by molar-refractivity contribution is 5.20. The first-order valence-electron chi connectivity index (χ1n) is 7.87. The lowest BCUT2D eigenvalue weighted by atomic mass is 9.92. The Hall–Kier alpha value is -0.970. The molecule has 4 heteroatoms. The molecular weight excluding hydrogens is 269 g/mol. The summed E-state index contributed by atoms with van der Waals surface area (Å²) in [4.78, 5) is 2.33. The molecule has 3 unspecified atom stereocenters. The summed E-state index contributed by atoms with van der Waals surface area (Å²) >= 11 is 0. The van der Waals surface area contributed by atoms with Gasteiger partial charge in [-0.25, -0.2) is 4.39 Å². The summed E-state index contributed by atoms with van der Waals surface area (Å²) in [6, 6.07) is 6.44. The lowest BCUT2D eigenvalue weighted by Crippen LogP contribution is -2.39. The molecule has 0 bridgehead atoms. The second-order valence-corrected chi connectivity index (χ2v) is 6.22. The lowest BCUT2D eigenvalue weighted by molar-refractivity contribution is 0.0660. The van der Waals surface area contributed by atoms with Crippen LogP contribution in [0.2, 0.25) is 0 Å². The van der Waals surface area contributed by atoms with Crippen molar-refractivity contribution in [1.82, 2.24) is 4.90 Å². The van der Waals surface area contributed by atoms with Gasteiger partial charge in [-0.15, -0.1) is 0 Å². The third-order valence-corrected chi connectivity index (χ3v) is 4.45. The Bertz CT molecular complexity index is 439. The summed E-state index contributed by atoms with van der Waals surface area (Å²) in [5, 5.41) is 19.4. The smallest absolute Gasteiger partial charge is 0.129 e. The van der Waals surface area contributed by atoms with Crippen LogP contribution >= 0.6 is 0 Å². The maximum Gasteiger partial charge on any atom is 0.129 e. The normalized spacial score (nSPS) is 23.0. The molecule has 0 aliphatic carbocycles. The Balaban J connectivity index is 1.91. The standard InChI is InChI=1S/C17H26FNO2/c1-13(17(21)15-6-2-3-7-16(15)18)11-19-9-4-5-14(12-19)8-10-20/h2-3,6-7,13-14,17,20-21H,4-5,8-12H2,1H3. The predicted molar refractivity (Wildman–Crippen MR) is 81.4 cm³/mol. The van der Waals surface area contributed by atoms with Crippen LogP contribution in [-0.4, -0.2) is 41.4 Å². The minimum absolute atomic E-state index is 0.0187. The topological polar surface area (TPSA) is 43.7 Å². The third kappa shape index (κ3) is 4.50. The van der Waals surface area contributed by atoms with Gasteiger partial charge in [-0.2, -0.15) is 0 Å². The molecule has 0 saturated carbocycles. The zero-order chi connectivity index (χ0) is 15.2. The number of nitrogens with zero attached hydrogens (tertiary/aromatic N) is 1. The summed E-state index contributed by atoms with van der Waals surface area (Å²) in [6.07, 6.45) is 2.37. The van der Waals surface area contributed by atoms with Crippen LogP contribution in [0.1, 0.15) is 37.9 Å².